The van der Waals surface area contributed by atoms with Gasteiger partial charge in [0.1, 0.15) is 0 Å². The maximum absolute atomic E-state index is 11.9. The van der Waals surface area contributed by atoms with Crippen LogP contribution < -0.4 is 0 Å². The molecule has 0 spiro atoms. The Balaban J connectivity index is 0. The van der Waals surface area contributed by atoms with Crippen molar-refractivity contribution in [3.8, 4) is 0 Å². The standard InChI is InChI=1S/C6H4F2.C6H10O4.H2O/c7-5-3-1-2-4-6(5)8;1-2-3-4(5(7)8)6(9)10;/h1-4H;4H,2-3H2,1H3,(H,7,8)(H,9,10);1H2. The minimum absolute atomic E-state index is 0. The van der Waals surface area contributed by atoms with Gasteiger partial charge in [0.2, 0.25) is 0 Å². The van der Waals surface area contributed by atoms with E-state index in [-0.39, 0.29) is 11.9 Å². The molecule has 19 heavy (non-hydrogen) atoms. The number of carbonyl (C=O) groups is 2. The molecule has 1 aromatic carbocycles. The molecule has 108 valence electrons. The number of benzene rings is 1. The Hall–Kier alpha value is -2.02. The van der Waals surface area contributed by atoms with Crippen molar-refractivity contribution in [2.24, 2.45) is 5.92 Å². The molecule has 0 unspecified atom stereocenters. The smallest absolute Gasteiger partial charge is 0.317 e. The maximum atomic E-state index is 11.9. The Morgan fingerprint density at radius 1 is 1.11 bits per heavy atom. The second kappa shape index (κ2) is 9.95. The lowest BCUT2D eigenvalue weighted by Crippen LogP contribution is -2.22. The van der Waals surface area contributed by atoms with E-state index in [2.05, 4.69) is 0 Å². The van der Waals surface area contributed by atoms with Gasteiger partial charge in [0.05, 0.1) is 0 Å². The third-order valence-electron chi connectivity index (χ3n) is 2.00. The molecule has 0 aliphatic carbocycles. The molecule has 1 rings (SSSR count). The van der Waals surface area contributed by atoms with Crippen LogP contribution in [-0.2, 0) is 9.59 Å². The topological polar surface area (TPSA) is 106 Å². The minimum Gasteiger partial charge on any atom is -0.481 e. The minimum atomic E-state index is -1.26. The molecule has 0 amide bonds. The highest BCUT2D eigenvalue weighted by Crippen LogP contribution is 2.05. The second-order valence-electron chi connectivity index (χ2n) is 3.43. The van der Waals surface area contributed by atoms with E-state index < -0.39 is 29.5 Å². The van der Waals surface area contributed by atoms with Gasteiger partial charge < -0.3 is 15.7 Å². The highest BCUT2D eigenvalue weighted by Gasteiger charge is 2.23. The molecule has 5 nitrogen and oxygen atoms in total. The summed E-state index contributed by atoms with van der Waals surface area (Å²) in [7, 11) is 0. The van der Waals surface area contributed by atoms with E-state index in [9.17, 15) is 18.4 Å². The first-order valence-electron chi connectivity index (χ1n) is 5.25. The van der Waals surface area contributed by atoms with Crippen LogP contribution in [0, 0.1) is 17.6 Å². The van der Waals surface area contributed by atoms with Crippen molar-refractivity contribution in [3.63, 3.8) is 0 Å². The van der Waals surface area contributed by atoms with Crippen LogP contribution in [0.3, 0.4) is 0 Å². The summed E-state index contributed by atoms with van der Waals surface area (Å²) in [6.07, 6.45) is 0.772. The largest absolute Gasteiger partial charge is 0.481 e. The monoisotopic (exact) mass is 278 g/mol. The van der Waals surface area contributed by atoms with Gasteiger partial charge in [-0.25, -0.2) is 8.78 Å². The molecule has 0 radical (unpaired) electrons. The van der Waals surface area contributed by atoms with E-state index in [1.807, 2.05) is 0 Å². The Morgan fingerprint density at radius 2 is 1.47 bits per heavy atom. The molecule has 0 atom stereocenters. The van der Waals surface area contributed by atoms with E-state index in [1.165, 1.54) is 12.1 Å². The summed E-state index contributed by atoms with van der Waals surface area (Å²) >= 11 is 0. The Bertz CT molecular complexity index is 374. The van der Waals surface area contributed by atoms with Crippen LogP contribution in [0.2, 0.25) is 0 Å². The van der Waals surface area contributed by atoms with Crippen LogP contribution in [-0.4, -0.2) is 27.6 Å². The predicted octanol–water partition coefficient (Wildman–Crippen LogP) is 1.71. The van der Waals surface area contributed by atoms with Gasteiger partial charge in [0.15, 0.2) is 17.6 Å². The summed E-state index contributed by atoms with van der Waals surface area (Å²) in [4.78, 5) is 20.3. The number of aliphatic carboxylic acids is 2. The molecular formula is C12H16F2O5. The quantitative estimate of drug-likeness (QED) is 0.817. The fourth-order valence-corrected chi connectivity index (χ4v) is 1.08. The first-order valence-corrected chi connectivity index (χ1v) is 5.25. The highest BCUT2D eigenvalue weighted by atomic mass is 19.2. The molecule has 0 saturated carbocycles. The average Bonchev–Trinajstić information content (AvgIpc) is 2.30. The molecule has 0 saturated heterocycles. The predicted molar refractivity (Wildman–Crippen MR) is 63.6 cm³/mol. The van der Waals surface area contributed by atoms with E-state index in [1.54, 1.807) is 6.92 Å². The number of halogens is 2. The fraction of sp³-hybridized carbons (Fsp3) is 0.333. The van der Waals surface area contributed by atoms with E-state index in [0.29, 0.717) is 6.42 Å². The maximum Gasteiger partial charge on any atom is 0.317 e. The van der Waals surface area contributed by atoms with Gasteiger partial charge in [-0.1, -0.05) is 25.5 Å². The van der Waals surface area contributed by atoms with Crippen molar-refractivity contribution in [2.75, 3.05) is 0 Å². The van der Waals surface area contributed by atoms with Gasteiger partial charge in [-0.05, 0) is 18.6 Å². The van der Waals surface area contributed by atoms with Crippen LogP contribution in [0.5, 0.6) is 0 Å². The third-order valence-corrected chi connectivity index (χ3v) is 2.00. The zero-order valence-corrected chi connectivity index (χ0v) is 10.3. The molecule has 1 aromatic rings. The lowest BCUT2D eigenvalue weighted by atomic mass is 10.1. The fourth-order valence-electron chi connectivity index (χ4n) is 1.08. The Labute approximate surface area is 108 Å². The molecule has 0 heterocycles. The molecular weight excluding hydrogens is 262 g/mol. The molecule has 0 bridgehead atoms. The molecule has 4 N–H and O–H groups in total. The Kier molecular flexibility index (Phi) is 10.1. The summed E-state index contributed by atoms with van der Waals surface area (Å²) in [6.45, 7) is 1.75. The second-order valence-corrected chi connectivity index (χ2v) is 3.43. The summed E-state index contributed by atoms with van der Waals surface area (Å²) in [5, 5.41) is 16.6. The highest BCUT2D eigenvalue weighted by molar-refractivity contribution is 5.92. The van der Waals surface area contributed by atoms with Crippen LogP contribution in [0.15, 0.2) is 24.3 Å². The van der Waals surface area contributed by atoms with Crippen molar-refractivity contribution in [1.82, 2.24) is 0 Å². The zero-order chi connectivity index (χ0) is 14.1. The van der Waals surface area contributed by atoms with E-state index >= 15 is 0 Å². The molecule has 0 aliphatic rings. The van der Waals surface area contributed by atoms with E-state index in [0.717, 1.165) is 12.1 Å². The molecule has 0 aromatic heterocycles. The first kappa shape index (κ1) is 19.3. The van der Waals surface area contributed by atoms with Crippen molar-refractivity contribution < 1.29 is 34.1 Å². The molecule has 0 aliphatic heterocycles. The van der Waals surface area contributed by atoms with Crippen molar-refractivity contribution in [3.05, 3.63) is 35.9 Å². The van der Waals surface area contributed by atoms with Crippen LogP contribution in [0.25, 0.3) is 0 Å². The lowest BCUT2D eigenvalue weighted by molar-refractivity contribution is -0.154. The Morgan fingerprint density at radius 3 is 1.63 bits per heavy atom. The molecule has 0 fully saturated rings. The number of carboxylic acid groups (broad SMARTS) is 2. The summed E-state index contributed by atoms with van der Waals surface area (Å²) in [5.74, 6) is -5.34. The van der Waals surface area contributed by atoms with Gasteiger partial charge in [-0.2, -0.15) is 0 Å². The van der Waals surface area contributed by atoms with Gasteiger partial charge in [-0.3, -0.25) is 9.59 Å². The van der Waals surface area contributed by atoms with Crippen LogP contribution in [0.4, 0.5) is 8.78 Å². The first-order chi connectivity index (χ1) is 8.40. The lowest BCUT2D eigenvalue weighted by Gasteiger charge is -2.02. The number of carboxylic acids is 2. The van der Waals surface area contributed by atoms with Gasteiger partial charge in [0, 0.05) is 0 Å². The van der Waals surface area contributed by atoms with Crippen molar-refractivity contribution in [1.29, 1.82) is 0 Å². The number of hydrogen-bond acceptors (Lipinski definition) is 2. The van der Waals surface area contributed by atoms with Crippen LogP contribution >= 0.6 is 0 Å². The van der Waals surface area contributed by atoms with Crippen molar-refractivity contribution in [2.45, 2.75) is 19.8 Å². The zero-order valence-electron chi connectivity index (χ0n) is 10.3. The SMILES string of the molecule is CCCC(C(=O)O)C(=O)O.Fc1ccccc1F.O. The normalized spacial score (nSPS) is 9.05. The summed E-state index contributed by atoms with van der Waals surface area (Å²) in [5.41, 5.74) is 0. The molecule has 7 heteroatoms. The van der Waals surface area contributed by atoms with Crippen molar-refractivity contribution >= 4 is 11.9 Å². The third kappa shape index (κ3) is 7.82. The number of hydrogen-bond donors (Lipinski definition) is 2. The summed E-state index contributed by atoms with van der Waals surface area (Å²) < 4.78 is 23.9. The average molecular weight is 278 g/mol. The van der Waals surface area contributed by atoms with Crippen LogP contribution in [0.1, 0.15) is 19.8 Å². The van der Waals surface area contributed by atoms with Gasteiger partial charge in [-0.15, -0.1) is 0 Å². The van der Waals surface area contributed by atoms with E-state index in [4.69, 9.17) is 10.2 Å². The van der Waals surface area contributed by atoms with Gasteiger partial charge >= 0.3 is 11.9 Å². The van der Waals surface area contributed by atoms with Gasteiger partial charge in [0.25, 0.3) is 0 Å². The summed E-state index contributed by atoms with van der Waals surface area (Å²) in [6, 6.07) is 5.04. The number of rotatable bonds is 4.